The summed E-state index contributed by atoms with van der Waals surface area (Å²) in [5.74, 6) is 0. The minimum atomic E-state index is -1.36. The van der Waals surface area contributed by atoms with Crippen LogP contribution in [0.1, 0.15) is 0 Å². The molecular formula is C48H33NO2S. The molecule has 0 atom stereocenters. The summed E-state index contributed by atoms with van der Waals surface area (Å²) >= 11 is 0. The molecule has 0 spiro atoms. The predicted octanol–water partition coefficient (Wildman–Crippen LogP) is 14.2. The van der Waals surface area contributed by atoms with E-state index >= 15 is 0 Å². The lowest BCUT2D eigenvalue weighted by Crippen LogP contribution is -2.11. The second-order valence-electron chi connectivity index (χ2n) is 14.1. The van der Waals surface area contributed by atoms with E-state index in [2.05, 4.69) is 169 Å². The van der Waals surface area contributed by atoms with Crippen molar-refractivity contribution < 1.29 is 8.83 Å². The Morgan fingerprint density at radius 1 is 0.442 bits per heavy atom. The molecule has 0 fully saturated rings. The molecule has 0 aliphatic carbocycles. The Morgan fingerprint density at radius 3 is 1.92 bits per heavy atom. The quantitative estimate of drug-likeness (QED) is 0.184. The molecule has 8 aromatic carbocycles. The van der Waals surface area contributed by atoms with Gasteiger partial charge in [0.1, 0.15) is 16.7 Å². The Kier molecular flexibility index (Phi) is 6.17. The zero-order valence-corrected chi connectivity index (χ0v) is 29.6. The lowest BCUT2D eigenvalue weighted by atomic mass is 10.00. The average Bonchev–Trinajstić information content (AvgIpc) is 3.83. The Labute approximate surface area is 302 Å². The summed E-state index contributed by atoms with van der Waals surface area (Å²) in [7, 11) is -1.36. The molecule has 0 unspecified atom stereocenters. The topological polar surface area (TPSA) is 29.5 Å². The number of para-hydroxylation sites is 3. The lowest BCUT2D eigenvalue weighted by Gasteiger charge is -2.31. The molecule has 2 aromatic heterocycles. The number of nitrogens with zero attached hydrogens (tertiary/aromatic N) is 1. The van der Waals surface area contributed by atoms with Crippen LogP contribution in [0.5, 0.6) is 0 Å². The number of furan rings is 2. The van der Waals surface area contributed by atoms with Gasteiger partial charge in [0, 0.05) is 48.3 Å². The highest BCUT2D eigenvalue weighted by atomic mass is 32.3. The van der Waals surface area contributed by atoms with Crippen molar-refractivity contribution in [3.63, 3.8) is 0 Å². The third-order valence-corrected chi connectivity index (χ3v) is 13.8. The summed E-state index contributed by atoms with van der Waals surface area (Å²) in [5.41, 5.74) is 11.7. The number of anilines is 3. The van der Waals surface area contributed by atoms with E-state index in [-0.39, 0.29) is 0 Å². The Hall–Kier alpha value is -6.23. The van der Waals surface area contributed by atoms with Gasteiger partial charge in [-0.3, -0.25) is 0 Å². The van der Waals surface area contributed by atoms with Crippen LogP contribution in [0, 0.1) is 0 Å². The fraction of sp³-hybridized carbons (Fsp3) is 0.0417. The Balaban J connectivity index is 1.14. The van der Waals surface area contributed by atoms with E-state index in [4.69, 9.17) is 8.83 Å². The van der Waals surface area contributed by atoms with Gasteiger partial charge in [0.2, 0.25) is 0 Å². The van der Waals surface area contributed by atoms with E-state index in [0.717, 1.165) is 61.1 Å². The summed E-state index contributed by atoms with van der Waals surface area (Å²) in [5, 5.41) is 7.03. The van der Waals surface area contributed by atoms with Gasteiger partial charge in [-0.1, -0.05) is 103 Å². The summed E-state index contributed by atoms with van der Waals surface area (Å²) in [6, 6.07) is 59.0. The molecule has 3 heterocycles. The van der Waals surface area contributed by atoms with Gasteiger partial charge in [-0.05, 0) is 101 Å². The monoisotopic (exact) mass is 687 g/mol. The third kappa shape index (κ3) is 4.22. The second kappa shape index (κ2) is 10.9. The van der Waals surface area contributed by atoms with Crippen LogP contribution >= 0.6 is 10.0 Å². The third-order valence-electron chi connectivity index (χ3n) is 10.9. The van der Waals surface area contributed by atoms with Crippen LogP contribution in [-0.4, -0.2) is 12.5 Å². The summed E-state index contributed by atoms with van der Waals surface area (Å²) in [6.45, 7) is 0. The zero-order valence-electron chi connectivity index (χ0n) is 28.8. The molecule has 0 amide bonds. The molecule has 52 heavy (non-hydrogen) atoms. The summed E-state index contributed by atoms with van der Waals surface area (Å²) in [6.07, 6.45) is 4.83. The highest BCUT2D eigenvalue weighted by Crippen LogP contribution is 2.69. The lowest BCUT2D eigenvalue weighted by molar-refractivity contribution is 0.669. The summed E-state index contributed by atoms with van der Waals surface area (Å²) < 4.78 is 13.3. The molecule has 0 N–H and O–H groups in total. The zero-order chi connectivity index (χ0) is 34.6. The normalized spacial score (nSPS) is 14.0. The predicted molar refractivity (Wildman–Crippen MR) is 220 cm³/mol. The average molecular weight is 688 g/mol. The molecule has 4 heteroatoms. The van der Waals surface area contributed by atoms with Crippen molar-refractivity contribution in [3.05, 3.63) is 164 Å². The van der Waals surface area contributed by atoms with Crippen molar-refractivity contribution in [1.29, 1.82) is 0 Å². The first kappa shape index (κ1) is 29.5. The van der Waals surface area contributed by atoms with Crippen LogP contribution in [0.25, 0.3) is 76.9 Å². The van der Waals surface area contributed by atoms with Gasteiger partial charge in [-0.2, -0.15) is 10.0 Å². The molecule has 0 bridgehead atoms. The molecular weight excluding hydrogens is 655 g/mol. The van der Waals surface area contributed by atoms with Crippen LogP contribution in [0.3, 0.4) is 0 Å². The van der Waals surface area contributed by atoms with Crippen LogP contribution in [0.4, 0.5) is 17.1 Å². The molecule has 248 valence electrons. The van der Waals surface area contributed by atoms with Crippen molar-refractivity contribution >= 4 is 81.7 Å². The number of benzene rings is 8. The first-order valence-electron chi connectivity index (χ1n) is 17.6. The molecule has 11 rings (SSSR count). The van der Waals surface area contributed by atoms with Gasteiger partial charge in [0.25, 0.3) is 0 Å². The van der Waals surface area contributed by atoms with E-state index in [1.165, 1.54) is 42.6 Å². The van der Waals surface area contributed by atoms with Gasteiger partial charge in [0.05, 0.1) is 5.69 Å². The fourth-order valence-electron chi connectivity index (χ4n) is 8.38. The molecule has 10 aromatic rings. The van der Waals surface area contributed by atoms with E-state index in [1.54, 1.807) is 0 Å². The van der Waals surface area contributed by atoms with Crippen molar-refractivity contribution in [2.75, 3.05) is 17.4 Å². The van der Waals surface area contributed by atoms with Gasteiger partial charge in [-0.15, -0.1) is 0 Å². The highest BCUT2D eigenvalue weighted by Gasteiger charge is 2.35. The van der Waals surface area contributed by atoms with Gasteiger partial charge < -0.3 is 13.7 Å². The number of rotatable bonds is 4. The van der Waals surface area contributed by atoms with E-state index in [9.17, 15) is 0 Å². The van der Waals surface area contributed by atoms with Crippen molar-refractivity contribution in [1.82, 2.24) is 0 Å². The fourth-order valence-corrected chi connectivity index (χ4v) is 10.9. The standard InChI is InChI=1S/C48H33NO2S/c1-52(2)44-26-25-39-37-16-6-8-20-43(37)51-48(39)46(44)40-24-23-35(29-45(40)52)49(41-18-10-17-38-36-15-5-7-19-42(36)50-47(38)41)34-14-9-13-32(28-34)33-22-21-30-11-3-4-12-31(30)27-33/h3-29H,1-2H3. The van der Waals surface area contributed by atoms with Crippen LogP contribution in [0.15, 0.2) is 182 Å². The van der Waals surface area contributed by atoms with Gasteiger partial charge in [0.15, 0.2) is 5.58 Å². The van der Waals surface area contributed by atoms with E-state index < -0.39 is 10.0 Å². The van der Waals surface area contributed by atoms with Gasteiger partial charge in [-0.25, -0.2) is 0 Å². The molecule has 1 aliphatic rings. The molecule has 3 nitrogen and oxygen atoms in total. The summed E-state index contributed by atoms with van der Waals surface area (Å²) in [4.78, 5) is 5.11. The molecule has 0 radical (unpaired) electrons. The Bertz CT molecular complexity index is 3080. The van der Waals surface area contributed by atoms with Crippen molar-refractivity contribution in [2.45, 2.75) is 9.79 Å². The van der Waals surface area contributed by atoms with Crippen molar-refractivity contribution in [2.24, 2.45) is 0 Å². The van der Waals surface area contributed by atoms with Crippen molar-refractivity contribution in [3.8, 4) is 22.3 Å². The van der Waals surface area contributed by atoms with E-state index in [0.29, 0.717) is 0 Å². The maximum absolute atomic E-state index is 6.68. The van der Waals surface area contributed by atoms with Crippen LogP contribution in [0.2, 0.25) is 0 Å². The molecule has 0 saturated carbocycles. The molecule has 0 saturated heterocycles. The maximum atomic E-state index is 6.68. The smallest absolute Gasteiger partial charge is 0.159 e. The minimum Gasteiger partial charge on any atom is -0.455 e. The Morgan fingerprint density at radius 2 is 1.10 bits per heavy atom. The second-order valence-corrected chi connectivity index (χ2v) is 17.7. The van der Waals surface area contributed by atoms with Gasteiger partial charge >= 0.3 is 0 Å². The number of fused-ring (bicyclic) bond motifs is 11. The number of hydrogen-bond donors (Lipinski definition) is 0. The van der Waals surface area contributed by atoms with Crippen LogP contribution < -0.4 is 4.90 Å². The minimum absolute atomic E-state index is 0.874. The van der Waals surface area contributed by atoms with E-state index in [1.807, 2.05) is 12.1 Å². The number of hydrogen-bond acceptors (Lipinski definition) is 3. The maximum Gasteiger partial charge on any atom is 0.159 e. The SMILES string of the molecule is CS1(C)c2cc(N(c3cccc(-c4ccc5ccccc5c4)c3)c3cccc4c3oc3ccccc34)ccc2-c2c1ccc1c2oc2ccccc21. The molecule has 1 aliphatic heterocycles. The van der Waals surface area contributed by atoms with Crippen LogP contribution in [-0.2, 0) is 0 Å². The highest BCUT2D eigenvalue weighted by molar-refractivity contribution is 8.33. The first-order valence-corrected chi connectivity index (χ1v) is 20.1. The largest absolute Gasteiger partial charge is 0.455 e. The first-order chi connectivity index (χ1) is 25.5.